The molecule has 5 aliphatic carbocycles. The Balaban J connectivity index is 1.70. The van der Waals surface area contributed by atoms with Gasteiger partial charge in [0.15, 0.2) is 0 Å². The highest BCUT2D eigenvalue weighted by atomic mass is 14.6. The maximum atomic E-state index is 2.51. The number of fused-ring (bicyclic) bond motifs is 1. The van der Waals surface area contributed by atoms with Crippen molar-refractivity contribution < 1.29 is 0 Å². The van der Waals surface area contributed by atoms with Crippen molar-refractivity contribution >= 4 is 0 Å². The molecule has 0 aliphatic heterocycles. The molecule has 0 radical (unpaired) electrons. The van der Waals surface area contributed by atoms with Crippen LogP contribution in [0.1, 0.15) is 44.9 Å². The summed E-state index contributed by atoms with van der Waals surface area (Å²) in [6, 6.07) is 0. The summed E-state index contributed by atoms with van der Waals surface area (Å²) in [4.78, 5) is 0. The highest BCUT2D eigenvalue weighted by Gasteiger charge is 2.52. The third kappa shape index (κ3) is 0.724. The van der Waals surface area contributed by atoms with Gasteiger partial charge >= 0.3 is 0 Å². The van der Waals surface area contributed by atoms with Crippen LogP contribution in [-0.4, -0.2) is 0 Å². The molecule has 0 N–H and O–H groups in total. The molecule has 0 saturated heterocycles. The van der Waals surface area contributed by atoms with E-state index in [0.29, 0.717) is 0 Å². The number of allylic oxidation sites excluding steroid dienone is 6. The first kappa shape index (κ1) is 7.50. The number of rotatable bonds is 1. The predicted octanol–water partition coefficient (Wildman–Crippen LogP) is 3.91. The molecule has 0 aromatic rings. The third-order valence-electron chi connectivity index (χ3n) is 4.79. The quantitative estimate of drug-likeness (QED) is 0.579. The molecule has 0 heterocycles. The van der Waals surface area contributed by atoms with Crippen LogP contribution in [0.5, 0.6) is 0 Å². The molecule has 1 spiro atoms. The Morgan fingerprint density at radius 3 is 2.64 bits per heavy atom. The van der Waals surface area contributed by atoms with Gasteiger partial charge < -0.3 is 0 Å². The fourth-order valence-electron chi connectivity index (χ4n) is 3.50. The number of hydrogen-bond donors (Lipinski definition) is 0. The Bertz CT molecular complexity index is 400. The largest absolute Gasteiger partial charge is 0.0761 e. The van der Waals surface area contributed by atoms with Gasteiger partial charge in [0.05, 0.1) is 0 Å². The minimum atomic E-state index is 0.719. The van der Waals surface area contributed by atoms with Crippen molar-refractivity contribution in [2.24, 2.45) is 5.41 Å². The van der Waals surface area contributed by atoms with Gasteiger partial charge in [-0.2, -0.15) is 0 Å². The van der Waals surface area contributed by atoms with E-state index < -0.39 is 0 Å². The molecule has 0 amide bonds. The normalized spacial score (nSPS) is 37.7. The lowest BCUT2D eigenvalue weighted by atomic mass is 9.47. The van der Waals surface area contributed by atoms with Crippen molar-refractivity contribution in [3.05, 3.63) is 34.4 Å². The van der Waals surface area contributed by atoms with Gasteiger partial charge in [0.25, 0.3) is 0 Å². The van der Waals surface area contributed by atoms with E-state index in [2.05, 4.69) is 12.2 Å². The van der Waals surface area contributed by atoms with E-state index >= 15 is 0 Å². The van der Waals surface area contributed by atoms with E-state index in [1.54, 1.807) is 16.7 Å². The predicted molar refractivity (Wildman–Crippen MR) is 57.9 cm³/mol. The van der Waals surface area contributed by atoms with Crippen molar-refractivity contribution in [3.63, 3.8) is 0 Å². The molecule has 5 rings (SSSR count). The van der Waals surface area contributed by atoms with E-state index in [9.17, 15) is 0 Å². The van der Waals surface area contributed by atoms with Gasteiger partial charge in [-0.15, -0.1) is 0 Å². The van der Waals surface area contributed by atoms with E-state index in [-0.39, 0.29) is 0 Å². The van der Waals surface area contributed by atoms with Crippen LogP contribution in [0, 0.1) is 5.41 Å². The van der Waals surface area contributed by atoms with Crippen LogP contribution in [0.25, 0.3) is 0 Å². The fraction of sp³-hybridized carbons (Fsp3) is 0.571. The highest BCUT2D eigenvalue weighted by Crippen LogP contribution is 2.66. The van der Waals surface area contributed by atoms with E-state index in [1.165, 1.54) is 44.9 Å². The minimum absolute atomic E-state index is 0.719. The average molecular weight is 184 g/mol. The van der Waals surface area contributed by atoms with E-state index in [1.807, 2.05) is 5.57 Å². The standard InChI is InChI=1S/C14H16/c1-2-10(3-1)8-11-4-6-14-7-5-13(14)12(11)9-14/h4,8H,1-3,5-7,9H2. The summed E-state index contributed by atoms with van der Waals surface area (Å²) >= 11 is 0. The first-order valence-electron chi connectivity index (χ1n) is 6.00. The van der Waals surface area contributed by atoms with Gasteiger partial charge in [0.1, 0.15) is 0 Å². The molecule has 14 heavy (non-hydrogen) atoms. The lowest BCUT2D eigenvalue weighted by molar-refractivity contribution is 0.183. The molecule has 2 saturated carbocycles. The molecule has 2 fully saturated rings. The summed E-state index contributed by atoms with van der Waals surface area (Å²) in [5.41, 5.74) is 7.60. The van der Waals surface area contributed by atoms with Gasteiger partial charge in [-0.1, -0.05) is 23.3 Å². The minimum Gasteiger partial charge on any atom is -0.0761 e. The molecule has 0 aromatic heterocycles. The van der Waals surface area contributed by atoms with Gasteiger partial charge in [-0.25, -0.2) is 0 Å². The van der Waals surface area contributed by atoms with E-state index in [4.69, 9.17) is 0 Å². The highest BCUT2D eigenvalue weighted by molar-refractivity contribution is 5.59. The third-order valence-corrected chi connectivity index (χ3v) is 4.79. The summed E-state index contributed by atoms with van der Waals surface area (Å²) < 4.78 is 0. The molecule has 5 aliphatic rings. The summed E-state index contributed by atoms with van der Waals surface area (Å²) in [6.45, 7) is 0. The lowest BCUT2D eigenvalue weighted by Crippen LogP contribution is -2.44. The maximum absolute atomic E-state index is 2.51. The number of hydrogen-bond acceptors (Lipinski definition) is 0. The van der Waals surface area contributed by atoms with Gasteiger partial charge in [0, 0.05) is 0 Å². The van der Waals surface area contributed by atoms with Crippen molar-refractivity contribution in [2.75, 3.05) is 0 Å². The molecule has 0 heteroatoms. The smallest absolute Gasteiger partial charge is 0.000370 e. The van der Waals surface area contributed by atoms with Gasteiger partial charge in [0.2, 0.25) is 0 Å². The fourth-order valence-corrected chi connectivity index (χ4v) is 3.50. The molecule has 2 bridgehead atoms. The maximum Gasteiger partial charge on any atom is -0.000370 e. The zero-order valence-corrected chi connectivity index (χ0v) is 8.60. The first-order chi connectivity index (χ1) is 6.87. The Morgan fingerprint density at radius 1 is 1.21 bits per heavy atom. The van der Waals surface area contributed by atoms with Crippen LogP contribution >= 0.6 is 0 Å². The van der Waals surface area contributed by atoms with Crippen LogP contribution in [-0.2, 0) is 0 Å². The molecule has 0 aromatic carbocycles. The van der Waals surface area contributed by atoms with Gasteiger partial charge in [-0.05, 0) is 61.5 Å². The topological polar surface area (TPSA) is 0 Å². The molecule has 1 atom stereocenters. The summed E-state index contributed by atoms with van der Waals surface area (Å²) in [6.07, 6.45) is 14.8. The monoisotopic (exact) mass is 184 g/mol. The second-order valence-corrected chi connectivity index (χ2v) is 5.43. The lowest BCUT2D eigenvalue weighted by Gasteiger charge is -2.57. The van der Waals surface area contributed by atoms with Crippen LogP contribution < -0.4 is 0 Å². The Labute approximate surface area is 85.4 Å². The summed E-state index contributed by atoms with van der Waals surface area (Å²) in [7, 11) is 0. The van der Waals surface area contributed by atoms with Gasteiger partial charge in [-0.3, -0.25) is 0 Å². The Morgan fingerprint density at radius 2 is 2.14 bits per heavy atom. The molecule has 1 unspecified atom stereocenters. The van der Waals surface area contributed by atoms with Crippen molar-refractivity contribution in [1.29, 1.82) is 0 Å². The van der Waals surface area contributed by atoms with Crippen molar-refractivity contribution in [3.8, 4) is 0 Å². The summed E-state index contributed by atoms with van der Waals surface area (Å²) in [5, 5.41) is 0. The molecular weight excluding hydrogens is 168 g/mol. The Hall–Kier alpha value is -0.780. The van der Waals surface area contributed by atoms with Crippen LogP contribution in [0.3, 0.4) is 0 Å². The van der Waals surface area contributed by atoms with Crippen LogP contribution in [0.2, 0.25) is 0 Å². The zero-order chi connectivity index (χ0) is 9.17. The second kappa shape index (κ2) is 2.24. The summed E-state index contributed by atoms with van der Waals surface area (Å²) in [5.74, 6) is 0. The van der Waals surface area contributed by atoms with Crippen LogP contribution in [0.15, 0.2) is 34.4 Å². The van der Waals surface area contributed by atoms with Crippen molar-refractivity contribution in [1.82, 2.24) is 0 Å². The molecule has 72 valence electrons. The van der Waals surface area contributed by atoms with Crippen LogP contribution in [0.4, 0.5) is 0 Å². The van der Waals surface area contributed by atoms with E-state index in [0.717, 1.165) is 5.41 Å². The SMILES string of the molecule is C(=C1CCC1)C1=CCC23CCC2=C1C3. The molecular formula is C14H16. The zero-order valence-electron chi connectivity index (χ0n) is 8.60. The first-order valence-corrected chi connectivity index (χ1v) is 6.00. The second-order valence-electron chi connectivity index (χ2n) is 5.43. The molecule has 0 nitrogen and oxygen atoms in total. The van der Waals surface area contributed by atoms with Crippen molar-refractivity contribution in [2.45, 2.75) is 44.9 Å². The average Bonchev–Trinajstić information content (AvgIpc) is 2.11. The Kier molecular flexibility index (Phi) is 1.20.